The van der Waals surface area contributed by atoms with E-state index in [9.17, 15) is 4.79 Å². The van der Waals surface area contributed by atoms with E-state index in [2.05, 4.69) is 16.7 Å². The maximum absolute atomic E-state index is 12.7. The molecule has 4 rings (SSSR count). The zero-order chi connectivity index (χ0) is 25.7. The Balaban J connectivity index is 1.55. The van der Waals surface area contributed by atoms with Gasteiger partial charge in [-0.1, -0.05) is 30.7 Å². The van der Waals surface area contributed by atoms with E-state index in [4.69, 9.17) is 19.6 Å². The Morgan fingerprint density at radius 3 is 2.61 bits per heavy atom. The van der Waals surface area contributed by atoms with E-state index in [1.54, 1.807) is 25.3 Å². The van der Waals surface area contributed by atoms with Crippen LogP contribution >= 0.6 is 11.8 Å². The molecule has 0 aromatic heterocycles. The van der Waals surface area contributed by atoms with Gasteiger partial charge in [-0.3, -0.25) is 10.2 Å². The first-order chi connectivity index (χ1) is 17.4. The number of rotatable bonds is 10. The summed E-state index contributed by atoms with van der Waals surface area (Å²) >= 11 is 1.32. The minimum Gasteiger partial charge on any atom is -0.493 e. The van der Waals surface area contributed by atoms with E-state index in [1.165, 1.54) is 22.3 Å². The monoisotopic (exact) mass is 504 g/mol. The minimum absolute atomic E-state index is 0.00114. The molecule has 0 saturated heterocycles. The minimum atomic E-state index is -0.468. The highest BCUT2D eigenvalue weighted by Gasteiger charge is 2.35. The number of benzene rings is 2. The Kier molecular flexibility index (Phi) is 7.90. The van der Waals surface area contributed by atoms with Gasteiger partial charge >= 0.3 is 0 Å². The molecule has 0 bridgehead atoms. The summed E-state index contributed by atoms with van der Waals surface area (Å²) < 4.78 is 17.4. The molecule has 2 aliphatic heterocycles. The molecule has 0 fully saturated rings. The molecule has 2 aromatic carbocycles. The first-order valence-electron chi connectivity index (χ1n) is 11.6. The van der Waals surface area contributed by atoms with Crippen LogP contribution in [0.4, 0.5) is 0 Å². The van der Waals surface area contributed by atoms with Gasteiger partial charge in [0.1, 0.15) is 24.0 Å². The van der Waals surface area contributed by atoms with Gasteiger partial charge in [0.2, 0.25) is 5.17 Å². The van der Waals surface area contributed by atoms with Crippen molar-refractivity contribution in [1.29, 1.82) is 5.41 Å². The molecule has 0 radical (unpaired) electrons. The number of amides is 1. The Bertz CT molecular complexity index is 1280. The number of nitrogens with one attached hydrogen (secondary N) is 1. The second-order valence-corrected chi connectivity index (χ2v) is 9.12. The largest absolute Gasteiger partial charge is 0.493 e. The zero-order valence-electron chi connectivity index (χ0n) is 20.5. The number of hydrogen-bond donors (Lipinski definition) is 1. The molecule has 1 amide bonds. The highest BCUT2D eigenvalue weighted by molar-refractivity contribution is 8.26. The van der Waals surface area contributed by atoms with Crippen LogP contribution in [0.25, 0.3) is 6.08 Å². The fourth-order valence-electron chi connectivity index (χ4n) is 3.67. The van der Waals surface area contributed by atoms with Crippen molar-refractivity contribution in [3.63, 3.8) is 0 Å². The van der Waals surface area contributed by atoms with Crippen molar-refractivity contribution in [3.8, 4) is 17.2 Å². The molecular formula is C27H28N4O4S. The molecule has 0 spiro atoms. The van der Waals surface area contributed by atoms with Crippen molar-refractivity contribution in [2.24, 2.45) is 10.1 Å². The lowest BCUT2D eigenvalue weighted by Gasteiger charge is -2.20. The summed E-state index contributed by atoms with van der Waals surface area (Å²) in [5.74, 6) is 1.41. The normalized spacial score (nSPS) is 16.0. The van der Waals surface area contributed by atoms with E-state index in [-0.39, 0.29) is 11.4 Å². The van der Waals surface area contributed by atoms with Crippen molar-refractivity contribution in [2.75, 3.05) is 20.3 Å². The Morgan fingerprint density at radius 2 is 1.92 bits per heavy atom. The van der Waals surface area contributed by atoms with Crippen LogP contribution in [0.15, 0.2) is 64.7 Å². The van der Waals surface area contributed by atoms with E-state index >= 15 is 0 Å². The van der Waals surface area contributed by atoms with Crippen molar-refractivity contribution in [2.45, 2.75) is 26.7 Å². The number of carbonyl (C=O) groups is 1. The molecule has 0 aliphatic carbocycles. The standard InChI is InChI=1S/C27H28N4O4S/c1-5-7-19-14-18(15-21-25(28)31-27(29-26(21)32)36-23(6-2)30-31)16-22(33-4)24(19)35-13-12-34-20-10-8-17(3)9-11-20/h5,8-11,14-16,28H,1,6-7,12-13H2,2-4H3/b21-15+,28-25?. The number of fused-ring (bicyclic) bond motifs is 1. The van der Waals surface area contributed by atoms with Crippen LogP contribution in [0.5, 0.6) is 17.2 Å². The van der Waals surface area contributed by atoms with Crippen LogP contribution in [-0.4, -0.2) is 47.3 Å². The first kappa shape index (κ1) is 25.2. The lowest BCUT2D eigenvalue weighted by atomic mass is 10.0. The average molecular weight is 505 g/mol. The number of allylic oxidation sites excluding steroid dienone is 1. The van der Waals surface area contributed by atoms with Gasteiger partial charge in [-0.2, -0.15) is 15.1 Å². The van der Waals surface area contributed by atoms with Gasteiger partial charge in [-0.05, 0) is 67.4 Å². The molecule has 2 aliphatic rings. The van der Waals surface area contributed by atoms with Crippen LogP contribution in [-0.2, 0) is 11.2 Å². The van der Waals surface area contributed by atoms with Crippen molar-refractivity contribution in [3.05, 3.63) is 71.3 Å². The van der Waals surface area contributed by atoms with Gasteiger partial charge < -0.3 is 14.2 Å². The van der Waals surface area contributed by atoms with E-state index in [0.717, 1.165) is 16.4 Å². The number of hydrogen-bond acceptors (Lipinski definition) is 7. The Morgan fingerprint density at radius 1 is 1.17 bits per heavy atom. The molecule has 0 atom stereocenters. The topological polar surface area (TPSA) is 96.6 Å². The number of thioether (sulfide) groups is 1. The van der Waals surface area contributed by atoms with Crippen molar-refractivity contribution in [1.82, 2.24) is 5.01 Å². The van der Waals surface area contributed by atoms with Gasteiger partial charge in [0.15, 0.2) is 17.3 Å². The number of nitrogens with zero attached hydrogens (tertiary/aromatic N) is 3. The van der Waals surface area contributed by atoms with Crippen molar-refractivity contribution >= 4 is 39.8 Å². The number of methoxy groups -OCH3 is 1. The summed E-state index contributed by atoms with van der Waals surface area (Å²) in [6.45, 7) is 8.53. The second kappa shape index (κ2) is 11.3. The third-order valence-corrected chi connectivity index (χ3v) is 6.52. The summed E-state index contributed by atoms with van der Waals surface area (Å²) in [4.78, 5) is 16.8. The molecular weight excluding hydrogens is 476 g/mol. The first-order valence-corrected chi connectivity index (χ1v) is 12.4. The van der Waals surface area contributed by atoms with Crippen LogP contribution < -0.4 is 14.2 Å². The van der Waals surface area contributed by atoms with Crippen molar-refractivity contribution < 1.29 is 19.0 Å². The Hall–Kier alpha value is -3.85. The van der Waals surface area contributed by atoms with Crippen LogP contribution in [0.2, 0.25) is 0 Å². The second-order valence-electron chi connectivity index (χ2n) is 8.08. The third kappa shape index (κ3) is 5.52. The van der Waals surface area contributed by atoms with Gasteiger partial charge in [0.25, 0.3) is 5.91 Å². The summed E-state index contributed by atoms with van der Waals surface area (Å²) in [5, 5.41) is 15.6. The predicted molar refractivity (Wildman–Crippen MR) is 144 cm³/mol. The number of ether oxygens (including phenoxy) is 3. The van der Waals surface area contributed by atoms with E-state index in [1.807, 2.05) is 44.2 Å². The fourth-order valence-corrected chi connectivity index (χ4v) is 4.49. The van der Waals surface area contributed by atoms with Gasteiger partial charge in [-0.25, -0.2) is 0 Å². The molecule has 0 unspecified atom stereocenters. The van der Waals surface area contributed by atoms with E-state index < -0.39 is 5.91 Å². The number of carbonyl (C=O) groups excluding carboxylic acids is 1. The molecule has 1 N–H and O–H groups in total. The highest BCUT2D eigenvalue weighted by Crippen LogP contribution is 2.35. The number of aryl methyl sites for hydroxylation is 1. The highest BCUT2D eigenvalue weighted by atomic mass is 32.2. The lowest BCUT2D eigenvalue weighted by Crippen LogP contribution is -2.35. The number of aliphatic imine (C=N–C) groups is 1. The fraction of sp³-hybridized carbons (Fsp3) is 0.259. The predicted octanol–water partition coefficient (Wildman–Crippen LogP) is 5.22. The molecule has 2 heterocycles. The van der Waals surface area contributed by atoms with E-state index in [0.29, 0.717) is 48.3 Å². The SMILES string of the molecule is C=CCc1cc(/C=C2\C(=N)N3N=C(CC)SC3=NC2=O)cc(OC)c1OCCOc1ccc(C)cc1. The lowest BCUT2D eigenvalue weighted by molar-refractivity contribution is -0.114. The molecule has 8 nitrogen and oxygen atoms in total. The third-order valence-electron chi connectivity index (χ3n) is 5.47. The maximum Gasteiger partial charge on any atom is 0.283 e. The zero-order valence-corrected chi connectivity index (χ0v) is 21.4. The number of amidine groups is 2. The summed E-state index contributed by atoms with van der Waals surface area (Å²) in [6, 6.07) is 11.5. The average Bonchev–Trinajstić information content (AvgIpc) is 3.29. The van der Waals surface area contributed by atoms with Crippen LogP contribution in [0.3, 0.4) is 0 Å². The summed E-state index contributed by atoms with van der Waals surface area (Å²) in [6.07, 6.45) is 4.64. The smallest absolute Gasteiger partial charge is 0.283 e. The van der Waals surface area contributed by atoms with Gasteiger partial charge in [-0.15, -0.1) is 6.58 Å². The molecule has 36 heavy (non-hydrogen) atoms. The molecule has 2 aromatic rings. The van der Waals surface area contributed by atoms with Crippen LogP contribution in [0, 0.1) is 12.3 Å². The Labute approximate surface area is 214 Å². The van der Waals surface area contributed by atoms with Gasteiger partial charge in [0, 0.05) is 5.56 Å². The maximum atomic E-state index is 12.7. The molecule has 186 valence electrons. The summed E-state index contributed by atoms with van der Waals surface area (Å²) in [5.41, 5.74) is 2.86. The van der Waals surface area contributed by atoms with Gasteiger partial charge in [0.05, 0.1) is 12.7 Å². The molecule has 9 heteroatoms. The number of hydrazone groups is 1. The quantitative estimate of drug-likeness (QED) is 0.271. The summed E-state index contributed by atoms with van der Waals surface area (Å²) in [7, 11) is 1.56. The van der Waals surface area contributed by atoms with Crippen LogP contribution in [0.1, 0.15) is 30.0 Å². The molecule has 0 saturated carbocycles.